The summed E-state index contributed by atoms with van der Waals surface area (Å²) < 4.78 is 5.25. The van der Waals surface area contributed by atoms with E-state index in [4.69, 9.17) is 4.43 Å². The van der Waals surface area contributed by atoms with E-state index >= 15 is 0 Å². The summed E-state index contributed by atoms with van der Waals surface area (Å²) in [7, 11) is 1.59. The minimum absolute atomic E-state index is 0.349. The fourth-order valence-electron chi connectivity index (χ4n) is 0.421. The van der Waals surface area contributed by atoms with E-state index in [1.807, 2.05) is 7.05 Å². The number of unbranched alkanes of at least 4 members (excludes halogenated alkanes) is 1. The Hall–Kier alpha value is 0.137. The van der Waals surface area contributed by atoms with Gasteiger partial charge in [0.2, 0.25) is 9.92 Å². The standard InChI is InChI=1S/C5H15NOSi/c1-3-4-5-7-8-6-2/h6H,3-5,8H2,1-2H3. The topological polar surface area (TPSA) is 21.3 Å². The van der Waals surface area contributed by atoms with Crippen LogP contribution in [0.15, 0.2) is 0 Å². The third-order valence-corrected chi connectivity index (χ3v) is 1.67. The maximum Gasteiger partial charge on any atom is 0.235 e. The van der Waals surface area contributed by atoms with Gasteiger partial charge in [0.05, 0.1) is 0 Å². The summed E-state index contributed by atoms with van der Waals surface area (Å²) in [5.74, 6) is 0. The molecule has 0 spiro atoms. The quantitative estimate of drug-likeness (QED) is 0.422. The van der Waals surface area contributed by atoms with Crippen LogP contribution in [0, 0.1) is 0 Å². The van der Waals surface area contributed by atoms with Crippen molar-refractivity contribution in [3.8, 4) is 0 Å². The molecule has 2 nitrogen and oxygen atoms in total. The van der Waals surface area contributed by atoms with E-state index < -0.39 is 0 Å². The highest BCUT2D eigenvalue weighted by Crippen LogP contribution is 1.84. The lowest BCUT2D eigenvalue weighted by Gasteiger charge is -1.98. The summed E-state index contributed by atoms with van der Waals surface area (Å²) >= 11 is 0. The lowest BCUT2D eigenvalue weighted by atomic mass is 10.4. The van der Waals surface area contributed by atoms with Crippen LogP contribution in [0.2, 0.25) is 0 Å². The number of hydrogen-bond donors (Lipinski definition) is 1. The molecule has 0 saturated carbocycles. The molecule has 0 heterocycles. The fourth-order valence-corrected chi connectivity index (χ4v) is 0.973. The van der Waals surface area contributed by atoms with Crippen molar-refractivity contribution in [1.82, 2.24) is 4.98 Å². The van der Waals surface area contributed by atoms with Gasteiger partial charge in [0.25, 0.3) is 0 Å². The molecule has 0 atom stereocenters. The zero-order chi connectivity index (χ0) is 6.24. The van der Waals surface area contributed by atoms with E-state index in [2.05, 4.69) is 11.9 Å². The third-order valence-electron chi connectivity index (χ3n) is 0.889. The summed E-state index contributed by atoms with van der Waals surface area (Å²) in [6.45, 7) is 3.12. The van der Waals surface area contributed by atoms with Crippen LogP contribution in [0.25, 0.3) is 0 Å². The highest BCUT2D eigenvalue weighted by atomic mass is 28.2. The van der Waals surface area contributed by atoms with E-state index in [0.717, 1.165) is 6.61 Å². The predicted molar refractivity (Wildman–Crippen MR) is 38.5 cm³/mol. The van der Waals surface area contributed by atoms with Gasteiger partial charge in [-0.3, -0.25) is 0 Å². The molecule has 0 aromatic heterocycles. The molecule has 0 aliphatic rings. The van der Waals surface area contributed by atoms with Crippen LogP contribution in [0.3, 0.4) is 0 Å². The Morgan fingerprint density at radius 1 is 1.62 bits per heavy atom. The molecule has 0 aromatic carbocycles. The molecule has 8 heavy (non-hydrogen) atoms. The molecule has 0 unspecified atom stereocenters. The van der Waals surface area contributed by atoms with Crippen molar-refractivity contribution >= 4 is 9.92 Å². The Balaban J connectivity index is 2.53. The molecule has 0 rings (SSSR count). The molecule has 0 radical (unpaired) electrons. The van der Waals surface area contributed by atoms with Gasteiger partial charge in [-0.1, -0.05) is 13.3 Å². The molecule has 0 aromatic rings. The van der Waals surface area contributed by atoms with Gasteiger partial charge >= 0.3 is 0 Å². The van der Waals surface area contributed by atoms with Gasteiger partial charge in [0, 0.05) is 6.61 Å². The van der Waals surface area contributed by atoms with Gasteiger partial charge in [0.1, 0.15) is 0 Å². The average Bonchev–Trinajstić information content (AvgIpc) is 1.81. The molecule has 1 N–H and O–H groups in total. The summed E-state index contributed by atoms with van der Waals surface area (Å²) in [5, 5.41) is 0. The van der Waals surface area contributed by atoms with Crippen LogP contribution < -0.4 is 4.98 Å². The average molecular weight is 133 g/mol. The van der Waals surface area contributed by atoms with Crippen LogP contribution in [0.4, 0.5) is 0 Å². The Kier molecular flexibility index (Phi) is 7.26. The SMILES string of the molecule is CCCCO[SiH2]NC. The van der Waals surface area contributed by atoms with Crippen molar-refractivity contribution < 1.29 is 4.43 Å². The molecule has 0 aliphatic heterocycles. The van der Waals surface area contributed by atoms with Crippen molar-refractivity contribution in [2.45, 2.75) is 19.8 Å². The van der Waals surface area contributed by atoms with E-state index in [0.29, 0.717) is 0 Å². The molecule has 0 fully saturated rings. The first kappa shape index (κ1) is 8.14. The van der Waals surface area contributed by atoms with Crippen LogP contribution in [0.1, 0.15) is 19.8 Å². The molecule has 3 heteroatoms. The van der Waals surface area contributed by atoms with E-state index in [9.17, 15) is 0 Å². The van der Waals surface area contributed by atoms with Crippen LogP contribution >= 0.6 is 0 Å². The Labute approximate surface area is 53.6 Å². The minimum Gasteiger partial charge on any atom is -0.409 e. The lowest BCUT2D eigenvalue weighted by Crippen LogP contribution is -2.16. The maximum atomic E-state index is 5.25. The van der Waals surface area contributed by atoms with Crippen LogP contribution in [-0.2, 0) is 4.43 Å². The maximum absolute atomic E-state index is 5.25. The van der Waals surface area contributed by atoms with E-state index in [1.54, 1.807) is 0 Å². The first-order valence-corrected chi connectivity index (χ1v) is 4.42. The Morgan fingerprint density at radius 2 is 2.38 bits per heavy atom. The van der Waals surface area contributed by atoms with Crippen molar-refractivity contribution in [3.63, 3.8) is 0 Å². The second-order valence-electron chi connectivity index (χ2n) is 1.76. The Bertz CT molecular complexity index is 37.4. The van der Waals surface area contributed by atoms with Gasteiger partial charge in [-0.25, -0.2) is 0 Å². The van der Waals surface area contributed by atoms with Crippen molar-refractivity contribution in [2.75, 3.05) is 13.7 Å². The monoisotopic (exact) mass is 133 g/mol. The van der Waals surface area contributed by atoms with Crippen molar-refractivity contribution in [2.24, 2.45) is 0 Å². The van der Waals surface area contributed by atoms with Crippen LogP contribution in [-0.4, -0.2) is 23.6 Å². The van der Waals surface area contributed by atoms with Gasteiger partial charge in [-0.05, 0) is 13.5 Å². The lowest BCUT2D eigenvalue weighted by molar-refractivity contribution is 0.321. The zero-order valence-corrected chi connectivity index (χ0v) is 7.15. The summed E-state index contributed by atoms with van der Waals surface area (Å²) in [6.07, 6.45) is 2.44. The summed E-state index contributed by atoms with van der Waals surface area (Å²) in [6, 6.07) is 0. The first-order chi connectivity index (χ1) is 3.91. The van der Waals surface area contributed by atoms with Crippen molar-refractivity contribution in [3.05, 3.63) is 0 Å². The minimum atomic E-state index is -0.349. The fraction of sp³-hybridized carbons (Fsp3) is 1.00. The highest BCUT2D eigenvalue weighted by molar-refractivity contribution is 6.23. The van der Waals surface area contributed by atoms with Gasteiger partial charge in [0.15, 0.2) is 0 Å². The second kappa shape index (κ2) is 7.14. The molecule has 0 amide bonds. The Morgan fingerprint density at radius 3 is 2.88 bits per heavy atom. The number of nitrogens with one attached hydrogen (secondary N) is 1. The van der Waals surface area contributed by atoms with E-state index in [1.165, 1.54) is 12.8 Å². The number of rotatable bonds is 5. The normalized spacial score (nSPS) is 11.2. The summed E-state index contributed by atoms with van der Waals surface area (Å²) in [4.78, 5) is 3.04. The molecular weight excluding hydrogens is 118 g/mol. The van der Waals surface area contributed by atoms with Gasteiger partial charge in [-0.2, -0.15) is 0 Å². The van der Waals surface area contributed by atoms with Crippen molar-refractivity contribution in [1.29, 1.82) is 0 Å². The zero-order valence-electron chi connectivity index (χ0n) is 5.74. The predicted octanol–water partition coefficient (Wildman–Crippen LogP) is 0.0213. The van der Waals surface area contributed by atoms with Crippen LogP contribution in [0.5, 0.6) is 0 Å². The molecule has 0 aliphatic carbocycles. The van der Waals surface area contributed by atoms with Gasteiger partial charge < -0.3 is 9.41 Å². The molecular formula is C5H15NOSi. The second-order valence-corrected chi connectivity index (χ2v) is 3.16. The van der Waals surface area contributed by atoms with Gasteiger partial charge in [-0.15, -0.1) is 0 Å². The van der Waals surface area contributed by atoms with E-state index in [-0.39, 0.29) is 9.92 Å². The highest BCUT2D eigenvalue weighted by Gasteiger charge is 1.82. The first-order valence-electron chi connectivity index (χ1n) is 3.14. The summed E-state index contributed by atoms with van der Waals surface area (Å²) in [5.41, 5.74) is 0. The third kappa shape index (κ3) is 6.14. The molecule has 50 valence electrons. The molecule has 0 saturated heterocycles. The largest absolute Gasteiger partial charge is 0.409 e. The smallest absolute Gasteiger partial charge is 0.235 e. The number of hydrogen-bond acceptors (Lipinski definition) is 2. The molecule has 0 bridgehead atoms.